The van der Waals surface area contributed by atoms with Crippen LogP contribution in [0.4, 0.5) is 0 Å². The maximum Gasteiger partial charge on any atom is 0.231 e. The first-order chi connectivity index (χ1) is 11.2. The van der Waals surface area contributed by atoms with Gasteiger partial charge in [-0.05, 0) is 31.4 Å². The molecule has 0 aromatic heterocycles. The second kappa shape index (κ2) is 9.65. The summed E-state index contributed by atoms with van der Waals surface area (Å²) >= 11 is 0. The van der Waals surface area contributed by atoms with Crippen molar-refractivity contribution in [1.29, 1.82) is 0 Å². The van der Waals surface area contributed by atoms with E-state index in [1.807, 2.05) is 18.2 Å². The van der Waals surface area contributed by atoms with Crippen LogP contribution in [0.5, 0.6) is 0 Å². The fraction of sp³-hybridized carbons (Fsp3) is 0.611. The van der Waals surface area contributed by atoms with Gasteiger partial charge in [0.25, 0.3) is 0 Å². The van der Waals surface area contributed by atoms with Crippen molar-refractivity contribution in [1.82, 2.24) is 4.90 Å². The minimum atomic E-state index is -0.261. The number of primary amides is 1. The molecule has 5 nitrogen and oxygen atoms in total. The van der Waals surface area contributed by atoms with Gasteiger partial charge in [0.05, 0.1) is 12.6 Å². The molecule has 1 fully saturated rings. The highest BCUT2D eigenvalue weighted by atomic mass is 16.5. The third-order valence-electron chi connectivity index (χ3n) is 4.27. The number of ether oxygens (including phenoxy) is 2. The van der Waals surface area contributed by atoms with Gasteiger partial charge in [-0.15, -0.1) is 0 Å². The molecule has 5 heteroatoms. The molecule has 1 unspecified atom stereocenters. The lowest BCUT2D eigenvalue weighted by atomic mass is 9.88. The Morgan fingerprint density at radius 3 is 2.83 bits per heavy atom. The molecule has 0 saturated carbocycles. The van der Waals surface area contributed by atoms with Gasteiger partial charge in [-0.25, -0.2) is 0 Å². The first kappa shape index (κ1) is 17.9. The lowest BCUT2D eigenvalue weighted by molar-refractivity contribution is -0.120. The van der Waals surface area contributed by atoms with Crippen molar-refractivity contribution in [3.05, 3.63) is 35.9 Å². The number of nitrogens with two attached hydrogens (primary N) is 1. The van der Waals surface area contributed by atoms with Gasteiger partial charge in [-0.3, -0.25) is 9.69 Å². The molecule has 0 radical (unpaired) electrons. The van der Waals surface area contributed by atoms with Crippen molar-refractivity contribution in [2.75, 3.05) is 40.0 Å². The maximum absolute atomic E-state index is 11.2. The number of methoxy groups -OCH3 is 1. The Balaban J connectivity index is 2.01. The molecule has 0 aliphatic carbocycles. The highest BCUT2D eigenvalue weighted by Gasteiger charge is 2.29. The predicted octanol–water partition coefficient (Wildman–Crippen LogP) is 1.98. The minimum Gasteiger partial charge on any atom is -0.385 e. The quantitative estimate of drug-likeness (QED) is 0.707. The number of hydrogen-bond acceptors (Lipinski definition) is 4. The van der Waals surface area contributed by atoms with E-state index < -0.39 is 0 Å². The molecular formula is C18H28N2O3. The third kappa shape index (κ3) is 5.94. The smallest absolute Gasteiger partial charge is 0.231 e. The fourth-order valence-electron chi connectivity index (χ4n) is 3.26. The van der Waals surface area contributed by atoms with Crippen LogP contribution in [0.3, 0.4) is 0 Å². The monoisotopic (exact) mass is 320 g/mol. The van der Waals surface area contributed by atoms with Gasteiger partial charge >= 0.3 is 0 Å². The summed E-state index contributed by atoms with van der Waals surface area (Å²) in [4.78, 5) is 13.3. The Morgan fingerprint density at radius 2 is 2.13 bits per heavy atom. The van der Waals surface area contributed by atoms with E-state index >= 15 is 0 Å². The second-order valence-electron chi connectivity index (χ2n) is 6.15. The number of hydrogen-bond donors (Lipinski definition) is 1. The van der Waals surface area contributed by atoms with Crippen molar-refractivity contribution in [2.24, 2.45) is 11.7 Å². The summed E-state index contributed by atoms with van der Waals surface area (Å²) in [7, 11) is 1.71. The summed E-state index contributed by atoms with van der Waals surface area (Å²) in [5, 5.41) is 0. The average Bonchev–Trinajstić information content (AvgIpc) is 2.55. The molecule has 1 aromatic carbocycles. The Bertz CT molecular complexity index is 467. The summed E-state index contributed by atoms with van der Waals surface area (Å²) in [5.74, 6) is 0.121. The molecule has 2 atom stereocenters. The normalized spacial score (nSPS) is 20.3. The highest BCUT2D eigenvalue weighted by molar-refractivity contribution is 5.75. The first-order valence-electron chi connectivity index (χ1n) is 8.37. The highest BCUT2D eigenvalue weighted by Crippen LogP contribution is 2.32. The predicted molar refractivity (Wildman–Crippen MR) is 90.0 cm³/mol. The molecule has 1 aliphatic rings. The van der Waals surface area contributed by atoms with Crippen molar-refractivity contribution >= 4 is 5.91 Å². The van der Waals surface area contributed by atoms with Crippen LogP contribution in [0.25, 0.3) is 0 Å². The van der Waals surface area contributed by atoms with Crippen molar-refractivity contribution in [3.63, 3.8) is 0 Å². The number of carbonyl (C=O) groups is 1. The maximum atomic E-state index is 11.2. The number of nitrogens with zero attached hydrogens (tertiary/aromatic N) is 1. The van der Waals surface area contributed by atoms with Gasteiger partial charge in [0.2, 0.25) is 5.91 Å². The largest absolute Gasteiger partial charge is 0.385 e. The van der Waals surface area contributed by atoms with E-state index in [0.717, 1.165) is 32.4 Å². The number of likely N-dealkylation sites (tertiary alicyclic amines) is 1. The van der Waals surface area contributed by atoms with Crippen LogP contribution in [0.2, 0.25) is 0 Å². The zero-order valence-electron chi connectivity index (χ0n) is 13.9. The minimum absolute atomic E-state index is 0.0590. The molecule has 1 heterocycles. The Kier molecular flexibility index (Phi) is 7.52. The third-order valence-corrected chi connectivity index (χ3v) is 4.27. The Labute approximate surface area is 138 Å². The van der Waals surface area contributed by atoms with E-state index in [0.29, 0.717) is 25.7 Å². The lowest BCUT2D eigenvalue weighted by Gasteiger charge is -2.36. The number of carbonyl (C=O) groups excluding carboxylic acids is 1. The molecule has 128 valence electrons. The molecular weight excluding hydrogens is 292 g/mol. The van der Waals surface area contributed by atoms with Gasteiger partial charge in [-0.2, -0.15) is 0 Å². The van der Waals surface area contributed by atoms with E-state index in [-0.39, 0.29) is 12.0 Å². The van der Waals surface area contributed by atoms with Crippen LogP contribution >= 0.6 is 0 Å². The van der Waals surface area contributed by atoms with E-state index in [4.69, 9.17) is 15.2 Å². The van der Waals surface area contributed by atoms with Crippen LogP contribution in [0.1, 0.15) is 30.9 Å². The van der Waals surface area contributed by atoms with Crippen LogP contribution < -0.4 is 5.73 Å². The van der Waals surface area contributed by atoms with Crippen molar-refractivity contribution in [3.8, 4) is 0 Å². The van der Waals surface area contributed by atoms with E-state index in [2.05, 4.69) is 17.0 Å². The van der Waals surface area contributed by atoms with E-state index in [1.165, 1.54) is 5.56 Å². The van der Waals surface area contributed by atoms with Gasteiger partial charge in [0.15, 0.2) is 0 Å². The second-order valence-corrected chi connectivity index (χ2v) is 6.15. The first-order valence-corrected chi connectivity index (χ1v) is 8.37. The van der Waals surface area contributed by atoms with Gasteiger partial charge in [-0.1, -0.05) is 30.3 Å². The Morgan fingerprint density at radius 1 is 1.35 bits per heavy atom. The molecule has 0 spiro atoms. The zero-order chi connectivity index (χ0) is 16.5. The standard InChI is InChI=1S/C18H28N2O3/c1-22-11-6-12-23-18(15-7-3-2-4-8-15)16-9-5-10-20(13-16)14-17(19)21/h2-4,7-8,16,18H,5-6,9-14H2,1H3,(H2,19,21)/t16?,18-/m0/s1. The Hall–Kier alpha value is -1.43. The van der Waals surface area contributed by atoms with Crippen molar-refractivity contribution < 1.29 is 14.3 Å². The van der Waals surface area contributed by atoms with Crippen LogP contribution in [0.15, 0.2) is 30.3 Å². The van der Waals surface area contributed by atoms with Crippen LogP contribution in [0, 0.1) is 5.92 Å². The van der Waals surface area contributed by atoms with Gasteiger partial charge in [0, 0.05) is 32.8 Å². The number of benzene rings is 1. The lowest BCUT2D eigenvalue weighted by Crippen LogP contribution is -2.42. The molecule has 1 aliphatic heterocycles. The average molecular weight is 320 g/mol. The van der Waals surface area contributed by atoms with E-state index in [9.17, 15) is 4.79 Å². The van der Waals surface area contributed by atoms with Gasteiger partial charge in [0.1, 0.15) is 0 Å². The van der Waals surface area contributed by atoms with Crippen LogP contribution in [-0.4, -0.2) is 50.8 Å². The SMILES string of the molecule is COCCCO[C@@H](c1ccccc1)C1CCCN(CC(N)=O)C1. The summed E-state index contributed by atoms with van der Waals surface area (Å²) in [6.45, 7) is 3.51. The molecule has 1 amide bonds. The number of piperidine rings is 1. The summed E-state index contributed by atoms with van der Waals surface area (Å²) in [6.07, 6.45) is 3.13. The summed E-state index contributed by atoms with van der Waals surface area (Å²) in [6, 6.07) is 10.4. The molecule has 23 heavy (non-hydrogen) atoms. The van der Waals surface area contributed by atoms with E-state index in [1.54, 1.807) is 7.11 Å². The van der Waals surface area contributed by atoms with Crippen LogP contribution in [-0.2, 0) is 14.3 Å². The summed E-state index contributed by atoms with van der Waals surface area (Å²) < 4.78 is 11.3. The molecule has 2 rings (SSSR count). The van der Waals surface area contributed by atoms with Crippen molar-refractivity contribution in [2.45, 2.75) is 25.4 Å². The molecule has 2 N–H and O–H groups in total. The summed E-state index contributed by atoms with van der Waals surface area (Å²) in [5.41, 5.74) is 6.55. The number of amides is 1. The molecule has 1 aromatic rings. The topological polar surface area (TPSA) is 64.8 Å². The number of rotatable bonds is 9. The van der Waals surface area contributed by atoms with Gasteiger partial charge < -0.3 is 15.2 Å². The molecule has 1 saturated heterocycles. The fourth-order valence-corrected chi connectivity index (χ4v) is 3.26. The zero-order valence-corrected chi connectivity index (χ0v) is 13.9. The molecule has 0 bridgehead atoms.